The zero-order chi connectivity index (χ0) is 12.3. The Balaban J connectivity index is 2.31. The monoisotopic (exact) mass is 235 g/mol. The van der Waals surface area contributed by atoms with Crippen LogP contribution >= 0.6 is 0 Å². The third-order valence-electron chi connectivity index (χ3n) is 1.81. The molecule has 0 saturated carbocycles. The zero-order valence-corrected chi connectivity index (χ0v) is 9.30. The van der Waals surface area contributed by atoms with E-state index in [1.807, 2.05) is 6.07 Å². The van der Waals surface area contributed by atoms with Crippen LogP contribution in [0.2, 0.25) is 0 Å². The van der Waals surface area contributed by atoms with Crippen LogP contribution in [-0.4, -0.2) is 31.5 Å². The number of nitrogens with zero attached hydrogens (tertiary/aromatic N) is 2. The number of alkyl halides is 1. The summed E-state index contributed by atoms with van der Waals surface area (Å²) < 4.78 is 21.9. The SMILES string of the molecule is N#C/C=C/c1ccc(OCCOCC[18F])nc1. The van der Waals surface area contributed by atoms with Crippen molar-refractivity contribution in [3.8, 4) is 11.9 Å². The number of aromatic nitrogens is 1. The largest absolute Gasteiger partial charge is 0.475 e. The molecule has 1 aromatic rings. The van der Waals surface area contributed by atoms with E-state index in [1.165, 1.54) is 6.08 Å². The summed E-state index contributed by atoms with van der Waals surface area (Å²) in [6, 6.07) is 5.39. The van der Waals surface area contributed by atoms with Crippen LogP contribution in [0.4, 0.5) is 4.39 Å². The molecule has 0 atom stereocenters. The van der Waals surface area contributed by atoms with Gasteiger partial charge in [0.05, 0.1) is 19.3 Å². The van der Waals surface area contributed by atoms with Crippen LogP contribution in [0.25, 0.3) is 6.08 Å². The molecule has 90 valence electrons. The van der Waals surface area contributed by atoms with Crippen molar-refractivity contribution < 1.29 is 13.9 Å². The number of nitriles is 1. The molecular weight excluding hydrogens is 222 g/mol. The Labute approximate surface area is 99.3 Å². The summed E-state index contributed by atoms with van der Waals surface area (Å²) in [6.07, 6.45) is 4.63. The highest BCUT2D eigenvalue weighted by atomic mass is 18.2. The van der Waals surface area contributed by atoms with E-state index in [9.17, 15) is 4.39 Å². The maximum atomic E-state index is 11.7. The Hall–Kier alpha value is -1.93. The molecule has 1 heterocycles. The fourth-order valence-corrected chi connectivity index (χ4v) is 1.07. The lowest BCUT2D eigenvalue weighted by molar-refractivity contribution is 0.0883. The zero-order valence-electron chi connectivity index (χ0n) is 9.30. The van der Waals surface area contributed by atoms with Gasteiger partial charge in [-0.3, -0.25) is 0 Å². The van der Waals surface area contributed by atoms with Crippen molar-refractivity contribution in [1.82, 2.24) is 4.98 Å². The van der Waals surface area contributed by atoms with Gasteiger partial charge in [-0.25, -0.2) is 9.37 Å². The van der Waals surface area contributed by atoms with Crippen LogP contribution in [0.15, 0.2) is 24.4 Å². The fraction of sp³-hybridized carbons (Fsp3) is 0.333. The predicted octanol–water partition coefficient (Wildman–Crippen LogP) is 1.98. The molecule has 1 aromatic heterocycles. The van der Waals surface area contributed by atoms with E-state index >= 15 is 0 Å². The molecule has 0 aliphatic heterocycles. The van der Waals surface area contributed by atoms with Gasteiger partial charge in [-0.1, -0.05) is 0 Å². The molecule has 0 spiro atoms. The average Bonchev–Trinajstić information content (AvgIpc) is 2.37. The number of hydrogen-bond acceptors (Lipinski definition) is 4. The molecule has 17 heavy (non-hydrogen) atoms. The van der Waals surface area contributed by atoms with Crippen molar-refractivity contribution in [1.29, 1.82) is 5.26 Å². The van der Waals surface area contributed by atoms with Gasteiger partial charge in [0.2, 0.25) is 5.88 Å². The lowest BCUT2D eigenvalue weighted by Gasteiger charge is -2.05. The Morgan fingerprint density at radius 2 is 2.24 bits per heavy atom. The molecule has 0 bridgehead atoms. The molecule has 0 radical (unpaired) electrons. The first-order valence-corrected chi connectivity index (χ1v) is 5.15. The smallest absolute Gasteiger partial charge is 0.213 e. The summed E-state index contributed by atoms with van der Waals surface area (Å²) in [6.45, 7) is 0.273. The van der Waals surface area contributed by atoms with Crippen molar-refractivity contribution in [3.05, 3.63) is 30.0 Å². The summed E-state index contributed by atoms with van der Waals surface area (Å²) in [5.74, 6) is 0.475. The number of rotatable bonds is 7. The van der Waals surface area contributed by atoms with Gasteiger partial charge in [0.15, 0.2) is 0 Å². The lowest BCUT2D eigenvalue weighted by Crippen LogP contribution is -2.08. The van der Waals surface area contributed by atoms with Crippen molar-refractivity contribution in [2.75, 3.05) is 26.5 Å². The fourth-order valence-electron chi connectivity index (χ4n) is 1.07. The van der Waals surface area contributed by atoms with Gasteiger partial charge in [0.1, 0.15) is 13.3 Å². The number of halogens is 1. The van der Waals surface area contributed by atoms with Crippen molar-refractivity contribution in [3.63, 3.8) is 0 Å². The summed E-state index contributed by atoms with van der Waals surface area (Å²) in [5, 5.41) is 8.35. The van der Waals surface area contributed by atoms with Gasteiger partial charge in [0.25, 0.3) is 0 Å². The van der Waals surface area contributed by atoms with E-state index < -0.39 is 6.67 Å². The van der Waals surface area contributed by atoms with Gasteiger partial charge >= 0.3 is 0 Å². The number of ether oxygens (including phenoxy) is 2. The highest BCUT2D eigenvalue weighted by Crippen LogP contribution is 2.08. The molecule has 0 fully saturated rings. The number of allylic oxidation sites excluding steroid dienone is 1. The summed E-state index contributed by atoms with van der Waals surface area (Å²) in [7, 11) is 0. The molecular formula is C12H13FN2O2. The van der Waals surface area contributed by atoms with E-state index in [0.717, 1.165) is 5.56 Å². The second-order valence-corrected chi connectivity index (χ2v) is 3.04. The molecule has 5 heteroatoms. The first-order chi connectivity index (χ1) is 8.36. The van der Waals surface area contributed by atoms with Gasteiger partial charge in [-0.2, -0.15) is 5.26 Å². The molecule has 0 aliphatic carbocycles. The van der Waals surface area contributed by atoms with Crippen LogP contribution in [0.1, 0.15) is 5.56 Å². The topological polar surface area (TPSA) is 55.1 Å². The molecule has 0 unspecified atom stereocenters. The van der Waals surface area contributed by atoms with Crippen molar-refractivity contribution in [2.45, 2.75) is 0 Å². The van der Waals surface area contributed by atoms with Crippen LogP contribution in [0, 0.1) is 11.3 Å². The highest BCUT2D eigenvalue weighted by molar-refractivity contribution is 5.50. The van der Waals surface area contributed by atoms with Crippen LogP contribution in [0.5, 0.6) is 5.88 Å². The highest BCUT2D eigenvalue weighted by Gasteiger charge is 1.95. The van der Waals surface area contributed by atoms with E-state index in [4.69, 9.17) is 14.7 Å². The Morgan fingerprint density at radius 1 is 1.35 bits per heavy atom. The maximum Gasteiger partial charge on any atom is 0.213 e. The van der Waals surface area contributed by atoms with Crippen LogP contribution in [0.3, 0.4) is 0 Å². The number of hydrogen-bond donors (Lipinski definition) is 0. The van der Waals surface area contributed by atoms with E-state index in [2.05, 4.69) is 4.98 Å². The summed E-state index contributed by atoms with van der Waals surface area (Å²) in [5.41, 5.74) is 0.826. The van der Waals surface area contributed by atoms with Crippen LogP contribution in [-0.2, 0) is 4.74 Å². The molecule has 0 aromatic carbocycles. The number of pyridine rings is 1. The van der Waals surface area contributed by atoms with Gasteiger partial charge in [-0.05, 0) is 17.7 Å². The van der Waals surface area contributed by atoms with Crippen LogP contribution < -0.4 is 4.74 Å². The first-order valence-electron chi connectivity index (χ1n) is 5.15. The average molecular weight is 235 g/mol. The van der Waals surface area contributed by atoms with E-state index in [1.54, 1.807) is 24.4 Å². The maximum absolute atomic E-state index is 11.7. The van der Waals surface area contributed by atoms with E-state index in [-0.39, 0.29) is 6.61 Å². The van der Waals surface area contributed by atoms with Crippen molar-refractivity contribution >= 4 is 6.08 Å². The van der Waals surface area contributed by atoms with Gasteiger partial charge < -0.3 is 9.47 Å². The first kappa shape index (κ1) is 13.1. The Bertz CT molecular complexity index is 384. The quantitative estimate of drug-likeness (QED) is 0.535. The minimum absolute atomic E-state index is 0.0919. The standard InChI is InChI=1S/C12H13FN2O2/c13-5-7-16-8-9-17-12-4-3-11(10-15-12)2-1-6-14/h1-4,10H,5,7-9H2/b2-1+/i13-1. The second-order valence-electron chi connectivity index (χ2n) is 3.04. The lowest BCUT2D eigenvalue weighted by atomic mass is 10.2. The Kier molecular flexibility index (Phi) is 6.37. The molecule has 0 saturated heterocycles. The Morgan fingerprint density at radius 3 is 2.88 bits per heavy atom. The third kappa shape index (κ3) is 5.64. The molecule has 1 rings (SSSR count). The normalized spacial score (nSPS) is 10.4. The predicted molar refractivity (Wildman–Crippen MR) is 61.2 cm³/mol. The van der Waals surface area contributed by atoms with E-state index in [0.29, 0.717) is 19.1 Å². The van der Waals surface area contributed by atoms with Gasteiger partial charge in [0, 0.05) is 18.3 Å². The molecule has 0 N–H and O–H groups in total. The summed E-state index contributed by atoms with van der Waals surface area (Å²) >= 11 is 0. The second kappa shape index (κ2) is 8.25. The van der Waals surface area contributed by atoms with Gasteiger partial charge in [-0.15, -0.1) is 0 Å². The third-order valence-corrected chi connectivity index (χ3v) is 1.81. The summed E-state index contributed by atoms with van der Waals surface area (Å²) in [4.78, 5) is 4.04. The minimum atomic E-state index is -0.488. The molecule has 4 nitrogen and oxygen atoms in total. The molecule has 0 aliphatic rings. The molecule has 0 amide bonds. The minimum Gasteiger partial charge on any atom is -0.475 e. The van der Waals surface area contributed by atoms with Crippen molar-refractivity contribution in [2.24, 2.45) is 0 Å².